The van der Waals surface area contributed by atoms with Gasteiger partial charge in [-0.25, -0.2) is 12.8 Å². The smallest absolute Gasteiger partial charge is 0.326 e. The summed E-state index contributed by atoms with van der Waals surface area (Å²) >= 11 is 0. The summed E-state index contributed by atoms with van der Waals surface area (Å²) < 4.78 is 50.7. The minimum absolute atomic E-state index is 0.0736. The number of carbonyl (C=O) groups excluding carboxylic acids is 1. The second-order valence-electron chi connectivity index (χ2n) is 5.62. The highest BCUT2D eigenvalue weighted by molar-refractivity contribution is 7.92. The average Bonchev–Trinajstić information content (AvgIpc) is 2.60. The van der Waals surface area contributed by atoms with Crippen LogP contribution in [-0.4, -0.2) is 35.2 Å². The number of esters is 1. The molecular formula is C18H20FNO5S. The van der Waals surface area contributed by atoms with Gasteiger partial charge in [-0.15, -0.1) is 0 Å². The van der Waals surface area contributed by atoms with Crippen LogP contribution < -0.4 is 9.04 Å². The molecular weight excluding hydrogens is 361 g/mol. The van der Waals surface area contributed by atoms with E-state index in [9.17, 15) is 17.6 Å². The molecule has 0 aliphatic carbocycles. The topological polar surface area (TPSA) is 72.9 Å². The Bertz CT molecular complexity index is 907. The number of para-hydroxylation sites is 1. The molecule has 0 unspecified atom stereocenters. The lowest BCUT2D eigenvalue weighted by atomic mass is 10.1. The Morgan fingerprint density at radius 1 is 1.12 bits per heavy atom. The first kappa shape index (κ1) is 19.7. The largest absolute Gasteiger partial charge is 0.494 e. The van der Waals surface area contributed by atoms with Gasteiger partial charge in [0.05, 0.1) is 24.8 Å². The van der Waals surface area contributed by atoms with Gasteiger partial charge in [-0.05, 0) is 43.2 Å². The molecule has 2 aromatic carbocycles. The Kier molecular flexibility index (Phi) is 5.86. The van der Waals surface area contributed by atoms with Crippen molar-refractivity contribution in [1.29, 1.82) is 0 Å². The Morgan fingerprint density at radius 2 is 1.73 bits per heavy atom. The van der Waals surface area contributed by atoms with Gasteiger partial charge in [0, 0.05) is 0 Å². The summed E-state index contributed by atoms with van der Waals surface area (Å²) in [6, 6.07) is 8.57. The molecule has 0 radical (unpaired) electrons. The molecule has 0 saturated heterocycles. The van der Waals surface area contributed by atoms with E-state index < -0.39 is 28.4 Å². The molecule has 26 heavy (non-hydrogen) atoms. The standard InChI is InChI=1S/C18H20FNO5S/c1-12-6-5-7-13(2)18(12)20(11-17(21)25-4)26(22,23)14-8-9-16(24-3)15(19)10-14/h5-10H,11H2,1-4H3. The molecule has 2 rings (SSSR count). The van der Waals surface area contributed by atoms with Crippen LogP contribution in [0.3, 0.4) is 0 Å². The van der Waals surface area contributed by atoms with Crippen LogP contribution in [0.4, 0.5) is 10.1 Å². The molecule has 0 saturated carbocycles. The van der Waals surface area contributed by atoms with Crippen molar-refractivity contribution in [1.82, 2.24) is 0 Å². The fraction of sp³-hybridized carbons (Fsp3) is 0.278. The zero-order chi connectivity index (χ0) is 19.5. The molecule has 8 heteroatoms. The molecule has 0 fully saturated rings. The van der Waals surface area contributed by atoms with Gasteiger partial charge in [0.1, 0.15) is 6.54 Å². The van der Waals surface area contributed by atoms with Crippen molar-refractivity contribution in [3.63, 3.8) is 0 Å². The van der Waals surface area contributed by atoms with Crippen LogP contribution in [0, 0.1) is 19.7 Å². The molecule has 0 N–H and O–H groups in total. The highest BCUT2D eigenvalue weighted by Crippen LogP contribution is 2.31. The van der Waals surface area contributed by atoms with E-state index in [1.165, 1.54) is 26.4 Å². The summed E-state index contributed by atoms with van der Waals surface area (Å²) in [6.45, 7) is 2.94. The normalized spacial score (nSPS) is 11.1. The predicted molar refractivity (Wildman–Crippen MR) is 95.4 cm³/mol. The first-order chi connectivity index (χ1) is 12.2. The van der Waals surface area contributed by atoms with Gasteiger partial charge in [-0.3, -0.25) is 9.10 Å². The third kappa shape index (κ3) is 3.80. The summed E-state index contributed by atoms with van der Waals surface area (Å²) in [5.74, 6) is -1.62. The lowest BCUT2D eigenvalue weighted by molar-refractivity contribution is -0.138. The number of halogens is 1. The summed E-state index contributed by atoms with van der Waals surface area (Å²) in [7, 11) is -1.76. The molecule has 0 bridgehead atoms. The number of nitrogens with zero attached hydrogens (tertiary/aromatic N) is 1. The maximum Gasteiger partial charge on any atom is 0.326 e. The van der Waals surface area contributed by atoms with Crippen molar-refractivity contribution in [3.05, 3.63) is 53.3 Å². The number of hydrogen-bond acceptors (Lipinski definition) is 5. The predicted octanol–water partition coefficient (Wildman–Crippen LogP) is 2.82. The van der Waals surface area contributed by atoms with Crippen molar-refractivity contribution >= 4 is 21.7 Å². The van der Waals surface area contributed by atoms with E-state index >= 15 is 0 Å². The van der Waals surface area contributed by atoms with Gasteiger partial charge in [0.25, 0.3) is 10.0 Å². The Balaban J connectivity index is 2.64. The third-order valence-electron chi connectivity index (χ3n) is 3.90. The lowest BCUT2D eigenvalue weighted by Crippen LogP contribution is -2.37. The number of benzene rings is 2. The molecule has 140 valence electrons. The van der Waals surface area contributed by atoms with Crippen molar-refractivity contribution in [2.45, 2.75) is 18.7 Å². The van der Waals surface area contributed by atoms with Crippen LogP contribution in [0.15, 0.2) is 41.3 Å². The maximum atomic E-state index is 14.0. The molecule has 0 heterocycles. The minimum Gasteiger partial charge on any atom is -0.494 e. The van der Waals surface area contributed by atoms with E-state index in [-0.39, 0.29) is 10.6 Å². The Labute approximate surface area is 152 Å². The van der Waals surface area contributed by atoms with Crippen molar-refractivity contribution < 1.29 is 27.1 Å². The molecule has 2 aromatic rings. The second-order valence-corrected chi connectivity index (χ2v) is 7.49. The Hall–Kier alpha value is -2.61. The molecule has 0 atom stereocenters. The summed E-state index contributed by atoms with van der Waals surface area (Å²) in [5, 5.41) is 0. The van der Waals surface area contributed by atoms with Crippen LogP contribution in [0.2, 0.25) is 0 Å². The number of aryl methyl sites for hydroxylation is 2. The monoisotopic (exact) mass is 381 g/mol. The zero-order valence-electron chi connectivity index (χ0n) is 14.9. The van der Waals surface area contributed by atoms with Crippen LogP contribution in [0.5, 0.6) is 5.75 Å². The summed E-state index contributed by atoms with van der Waals surface area (Å²) in [5.41, 5.74) is 1.67. The fourth-order valence-electron chi connectivity index (χ4n) is 2.60. The molecule has 0 spiro atoms. The second kappa shape index (κ2) is 7.74. The van der Waals surface area contributed by atoms with Crippen LogP contribution in [0.1, 0.15) is 11.1 Å². The minimum atomic E-state index is -4.21. The molecule has 0 amide bonds. The van der Waals surface area contributed by atoms with Gasteiger partial charge in [0.15, 0.2) is 11.6 Å². The molecule has 0 aliphatic rings. The molecule has 6 nitrogen and oxygen atoms in total. The summed E-state index contributed by atoms with van der Waals surface area (Å²) in [6.07, 6.45) is 0. The maximum absolute atomic E-state index is 14.0. The van der Waals surface area contributed by atoms with E-state index in [1.807, 2.05) is 0 Å². The number of rotatable bonds is 6. The number of anilines is 1. The average molecular weight is 381 g/mol. The van der Waals surface area contributed by atoms with Crippen molar-refractivity contribution in [2.75, 3.05) is 25.1 Å². The van der Waals surface area contributed by atoms with Crippen molar-refractivity contribution in [3.8, 4) is 5.75 Å². The van der Waals surface area contributed by atoms with Crippen LogP contribution >= 0.6 is 0 Å². The summed E-state index contributed by atoms with van der Waals surface area (Å²) in [4.78, 5) is 11.6. The number of sulfonamides is 1. The van der Waals surface area contributed by atoms with Gasteiger partial charge in [-0.2, -0.15) is 0 Å². The highest BCUT2D eigenvalue weighted by Gasteiger charge is 2.30. The van der Waals surface area contributed by atoms with Gasteiger partial charge in [0.2, 0.25) is 0 Å². The SMILES string of the molecule is COC(=O)CN(c1c(C)cccc1C)S(=O)(=O)c1ccc(OC)c(F)c1. The van der Waals surface area contributed by atoms with Crippen LogP contribution in [0.25, 0.3) is 0 Å². The van der Waals surface area contributed by atoms with E-state index in [1.54, 1.807) is 32.0 Å². The van der Waals surface area contributed by atoms with Gasteiger partial charge in [-0.1, -0.05) is 18.2 Å². The first-order valence-corrected chi connectivity index (χ1v) is 9.15. The highest BCUT2D eigenvalue weighted by atomic mass is 32.2. The quantitative estimate of drug-likeness (QED) is 0.720. The van der Waals surface area contributed by atoms with E-state index in [0.717, 1.165) is 10.4 Å². The van der Waals surface area contributed by atoms with Gasteiger partial charge >= 0.3 is 5.97 Å². The van der Waals surface area contributed by atoms with E-state index in [2.05, 4.69) is 4.74 Å². The Morgan fingerprint density at radius 3 is 2.23 bits per heavy atom. The van der Waals surface area contributed by atoms with E-state index in [4.69, 9.17) is 4.74 Å². The molecule has 0 aliphatic heterocycles. The number of carbonyl (C=O) groups is 1. The number of methoxy groups -OCH3 is 2. The van der Waals surface area contributed by atoms with Crippen LogP contribution in [-0.2, 0) is 19.6 Å². The van der Waals surface area contributed by atoms with Crippen molar-refractivity contribution in [2.24, 2.45) is 0 Å². The van der Waals surface area contributed by atoms with Gasteiger partial charge < -0.3 is 9.47 Å². The molecule has 0 aromatic heterocycles. The van der Waals surface area contributed by atoms with E-state index in [0.29, 0.717) is 16.8 Å². The fourth-order valence-corrected chi connectivity index (χ4v) is 4.15. The lowest BCUT2D eigenvalue weighted by Gasteiger charge is -2.26. The first-order valence-electron chi connectivity index (χ1n) is 7.71. The third-order valence-corrected chi connectivity index (χ3v) is 5.64. The number of hydrogen-bond donors (Lipinski definition) is 0. The number of ether oxygens (including phenoxy) is 2. The zero-order valence-corrected chi connectivity index (χ0v) is 15.8.